The lowest BCUT2D eigenvalue weighted by Crippen LogP contribution is -2.46. The number of nitrogens with one attached hydrogen (secondary N) is 2. The molecule has 1 saturated heterocycles. The Hall–Kier alpha value is -1.74. The average molecular weight is 436 g/mol. The van der Waals surface area contributed by atoms with E-state index >= 15 is 0 Å². The minimum Gasteiger partial charge on any atom is -0.325 e. The molecule has 0 radical (unpaired) electrons. The highest BCUT2D eigenvalue weighted by atomic mass is 32.2. The van der Waals surface area contributed by atoms with E-state index in [1.807, 2.05) is 12.1 Å². The number of piperidine rings is 1. The maximum absolute atomic E-state index is 12.3. The summed E-state index contributed by atoms with van der Waals surface area (Å²) in [5.41, 5.74) is 2.10. The maximum Gasteiger partial charge on any atom is 0.250 e. The van der Waals surface area contributed by atoms with Crippen molar-refractivity contribution in [2.45, 2.75) is 49.3 Å². The summed E-state index contributed by atoms with van der Waals surface area (Å²) in [4.78, 5) is 14.4. The number of sulfonamides is 1. The number of thiophene rings is 1. The molecule has 6 nitrogen and oxygen atoms in total. The van der Waals surface area contributed by atoms with Crippen LogP contribution >= 0.6 is 11.3 Å². The number of hydrogen-bond donors (Lipinski definition) is 2. The Kier molecular flexibility index (Phi) is 7.83. The van der Waals surface area contributed by atoms with E-state index in [0.29, 0.717) is 36.7 Å². The highest BCUT2D eigenvalue weighted by Gasteiger charge is 2.25. The number of rotatable bonds is 9. The van der Waals surface area contributed by atoms with Gasteiger partial charge in [-0.05, 0) is 54.8 Å². The zero-order valence-electron chi connectivity index (χ0n) is 16.8. The molecule has 1 amide bonds. The molecule has 0 bridgehead atoms. The van der Waals surface area contributed by atoms with Crippen LogP contribution in [0.2, 0.25) is 0 Å². The lowest BCUT2D eigenvalue weighted by Gasteiger charge is -2.31. The summed E-state index contributed by atoms with van der Waals surface area (Å²) in [7, 11) is -3.44. The fourth-order valence-electron chi connectivity index (χ4n) is 3.44. The SMILES string of the molecule is CCCCc1ccc(NC(=O)CN2CCC(NS(=O)(=O)c3cccs3)CC2)cc1. The Labute approximate surface area is 177 Å². The van der Waals surface area contributed by atoms with E-state index in [1.54, 1.807) is 17.5 Å². The van der Waals surface area contributed by atoms with Gasteiger partial charge in [0, 0.05) is 24.8 Å². The number of carbonyl (C=O) groups is 1. The van der Waals surface area contributed by atoms with Crippen molar-refractivity contribution in [3.05, 3.63) is 47.3 Å². The van der Waals surface area contributed by atoms with Gasteiger partial charge in [-0.3, -0.25) is 9.69 Å². The van der Waals surface area contributed by atoms with Crippen LogP contribution in [-0.2, 0) is 21.2 Å². The number of nitrogens with zero attached hydrogens (tertiary/aromatic N) is 1. The van der Waals surface area contributed by atoms with E-state index in [1.165, 1.54) is 29.7 Å². The van der Waals surface area contributed by atoms with E-state index in [0.717, 1.165) is 12.1 Å². The second-order valence-corrected chi connectivity index (χ2v) is 10.3. The second kappa shape index (κ2) is 10.3. The van der Waals surface area contributed by atoms with Crippen LogP contribution in [0.4, 0.5) is 5.69 Å². The Bertz CT molecular complexity index is 872. The standard InChI is InChI=1S/C21H29N3O3S2/c1-2-3-5-17-7-9-18(10-8-17)22-20(25)16-24-13-11-19(12-14-24)23-29(26,27)21-6-4-15-28-21/h4,6-10,15,19,23H,2-3,5,11-14,16H2,1H3,(H,22,25). The molecule has 158 valence electrons. The van der Waals surface area contributed by atoms with Gasteiger partial charge in [-0.25, -0.2) is 13.1 Å². The zero-order valence-corrected chi connectivity index (χ0v) is 18.4. The van der Waals surface area contributed by atoms with Gasteiger partial charge in [0.05, 0.1) is 6.54 Å². The van der Waals surface area contributed by atoms with E-state index in [-0.39, 0.29) is 11.9 Å². The third kappa shape index (κ3) is 6.64. The molecule has 0 saturated carbocycles. The smallest absolute Gasteiger partial charge is 0.250 e. The first-order chi connectivity index (χ1) is 14.0. The number of amides is 1. The lowest BCUT2D eigenvalue weighted by atomic mass is 10.1. The molecule has 1 aliphatic rings. The van der Waals surface area contributed by atoms with Crippen LogP contribution in [0.3, 0.4) is 0 Å². The number of unbranched alkanes of at least 4 members (excludes halogenated alkanes) is 1. The van der Waals surface area contributed by atoms with Gasteiger partial charge in [-0.1, -0.05) is 31.5 Å². The van der Waals surface area contributed by atoms with Gasteiger partial charge in [-0.2, -0.15) is 0 Å². The largest absolute Gasteiger partial charge is 0.325 e. The van der Waals surface area contributed by atoms with Gasteiger partial charge in [-0.15, -0.1) is 11.3 Å². The Morgan fingerprint density at radius 1 is 1.17 bits per heavy atom. The minimum atomic E-state index is -3.44. The van der Waals surface area contributed by atoms with Crippen LogP contribution in [-0.4, -0.2) is 44.9 Å². The van der Waals surface area contributed by atoms with E-state index in [4.69, 9.17) is 0 Å². The molecule has 3 rings (SSSR count). The number of anilines is 1. The molecular formula is C21H29N3O3S2. The third-order valence-corrected chi connectivity index (χ3v) is 8.01. The van der Waals surface area contributed by atoms with Crippen LogP contribution < -0.4 is 10.0 Å². The molecule has 2 heterocycles. The molecule has 2 aromatic rings. The van der Waals surface area contributed by atoms with Gasteiger partial charge in [0.1, 0.15) is 4.21 Å². The monoisotopic (exact) mass is 435 g/mol. The summed E-state index contributed by atoms with van der Waals surface area (Å²) in [6, 6.07) is 11.3. The van der Waals surface area contributed by atoms with Crippen molar-refractivity contribution in [3.8, 4) is 0 Å². The molecule has 29 heavy (non-hydrogen) atoms. The first kappa shape index (κ1) is 22.0. The highest BCUT2D eigenvalue weighted by molar-refractivity contribution is 7.91. The number of aryl methyl sites for hydroxylation is 1. The van der Waals surface area contributed by atoms with E-state index < -0.39 is 10.0 Å². The van der Waals surface area contributed by atoms with Crippen molar-refractivity contribution < 1.29 is 13.2 Å². The molecular weight excluding hydrogens is 406 g/mol. The highest BCUT2D eigenvalue weighted by Crippen LogP contribution is 2.19. The predicted octanol–water partition coefficient (Wildman–Crippen LogP) is 3.47. The fourth-order valence-corrected chi connectivity index (χ4v) is 5.76. The Morgan fingerprint density at radius 2 is 1.90 bits per heavy atom. The molecule has 1 fully saturated rings. The Morgan fingerprint density at radius 3 is 2.52 bits per heavy atom. The topological polar surface area (TPSA) is 78.5 Å². The zero-order chi connectivity index (χ0) is 20.7. The van der Waals surface area contributed by atoms with Crippen LogP contribution in [0.5, 0.6) is 0 Å². The number of hydrogen-bond acceptors (Lipinski definition) is 5. The number of likely N-dealkylation sites (tertiary alicyclic amines) is 1. The molecule has 1 aliphatic heterocycles. The summed E-state index contributed by atoms with van der Waals surface area (Å²) in [5, 5.41) is 4.71. The van der Waals surface area contributed by atoms with E-state index in [2.05, 4.69) is 34.0 Å². The molecule has 0 aliphatic carbocycles. The van der Waals surface area contributed by atoms with Crippen molar-refractivity contribution in [1.82, 2.24) is 9.62 Å². The Balaban J connectivity index is 1.41. The van der Waals surface area contributed by atoms with Crippen LogP contribution in [0.1, 0.15) is 38.2 Å². The quantitative estimate of drug-likeness (QED) is 0.632. The van der Waals surface area contributed by atoms with Crippen LogP contribution in [0.15, 0.2) is 46.0 Å². The summed E-state index contributed by atoms with van der Waals surface area (Å²) in [5.74, 6) is -0.0380. The van der Waals surface area contributed by atoms with E-state index in [9.17, 15) is 13.2 Å². The maximum atomic E-state index is 12.3. The summed E-state index contributed by atoms with van der Waals surface area (Å²) in [6.07, 6.45) is 4.81. The van der Waals surface area contributed by atoms with Gasteiger partial charge in [0.15, 0.2) is 0 Å². The lowest BCUT2D eigenvalue weighted by molar-refractivity contribution is -0.117. The number of benzene rings is 1. The molecule has 1 aromatic carbocycles. The fraction of sp³-hybridized carbons (Fsp3) is 0.476. The average Bonchev–Trinajstić information content (AvgIpc) is 3.25. The van der Waals surface area contributed by atoms with Gasteiger partial charge in [0.25, 0.3) is 0 Å². The first-order valence-electron chi connectivity index (χ1n) is 10.1. The van der Waals surface area contributed by atoms with Crippen LogP contribution in [0, 0.1) is 0 Å². The summed E-state index contributed by atoms with van der Waals surface area (Å²) < 4.78 is 27.8. The van der Waals surface area contributed by atoms with Gasteiger partial charge >= 0.3 is 0 Å². The second-order valence-electron chi connectivity index (χ2n) is 7.45. The molecule has 0 atom stereocenters. The van der Waals surface area contributed by atoms with Crippen molar-refractivity contribution in [3.63, 3.8) is 0 Å². The molecule has 8 heteroatoms. The molecule has 1 aromatic heterocycles. The minimum absolute atomic E-state index is 0.0380. The van der Waals surface area contributed by atoms with Crippen molar-refractivity contribution >= 4 is 33.0 Å². The van der Waals surface area contributed by atoms with Crippen molar-refractivity contribution in [1.29, 1.82) is 0 Å². The van der Waals surface area contributed by atoms with Crippen LogP contribution in [0.25, 0.3) is 0 Å². The molecule has 2 N–H and O–H groups in total. The molecule has 0 spiro atoms. The molecule has 0 unspecified atom stereocenters. The first-order valence-corrected chi connectivity index (χ1v) is 12.5. The van der Waals surface area contributed by atoms with Crippen molar-refractivity contribution in [2.24, 2.45) is 0 Å². The van der Waals surface area contributed by atoms with Gasteiger partial charge in [0.2, 0.25) is 15.9 Å². The third-order valence-electron chi connectivity index (χ3n) is 5.09. The summed E-state index contributed by atoms with van der Waals surface area (Å²) >= 11 is 1.22. The predicted molar refractivity (Wildman–Crippen MR) is 118 cm³/mol. The summed E-state index contributed by atoms with van der Waals surface area (Å²) in [6.45, 7) is 3.89. The normalized spacial score (nSPS) is 16.0. The number of carbonyl (C=O) groups excluding carboxylic acids is 1. The van der Waals surface area contributed by atoms with Gasteiger partial charge < -0.3 is 5.32 Å². The van der Waals surface area contributed by atoms with Crippen molar-refractivity contribution in [2.75, 3.05) is 25.0 Å².